The summed E-state index contributed by atoms with van der Waals surface area (Å²) < 4.78 is 4.83. The van der Waals surface area contributed by atoms with Crippen molar-refractivity contribution < 1.29 is 9.53 Å². The largest absolute Gasteiger partial charge is 0.468 e. The number of hydrogen-bond donors (Lipinski definition) is 1. The van der Waals surface area contributed by atoms with Crippen LogP contribution in [0.5, 0.6) is 0 Å². The summed E-state index contributed by atoms with van der Waals surface area (Å²) in [5.74, 6) is -0.229. The van der Waals surface area contributed by atoms with Gasteiger partial charge in [-0.2, -0.15) is 0 Å². The number of carbonyl (C=O) groups is 1. The predicted octanol–water partition coefficient (Wildman–Crippen LogP) is 1.21. The van der Waals surface area contributed by atoms with Crippen LogP contribution in [0.15, 0.2) is 24.5 Å². The fourth-order valence-electron chi connectivity index (χ4n) is 2.01. The van der Waals surface area contributed by atoms with Gasteiger partial charge in [-0.15, -0.1) is 0 Å². The van der Waals surface area contributed by atoms with E-state index in [1.807, 2.05) is 37.2 Å². The number of fused-ring (bicyclic) bond motifs is 1. The first-order chi connectivity index (χ1) is 8.63. The van der Waals surface area contributed by atoms with Crippen LogP contribution in [-0.2, 0) is 16.0 Å². The van der Waals surface area contributed by atoms with E-state index in [9.17, 15) is 4.79 Å². The smallest absolute Gasteiger partial charge is 0.323 e. The van der Waals surface area contributed by atoms with Crippen molar-refractivity contribution in [3.8, 4) is 0 Å². The van der Waals surface area contributed by atoms with E-state index in [-0.39, 0.29) is 12.0 Å². The van der Waals surface area contributed by atoms with Crippen molar-refractivity contribution >= 4 is 17.0 Å². The number of nitrogens with zero attached hydrogens (tertiary/aromatic N) is 2. The average molecular weight is 247 g/mol. The second-order valence-corrected chi connectivity index (χ2v) is 4.42. The van der Waals surface area contributed by atoms with Crippen molar-refractivity contribution in [3.63, 3.8) is 0 Å². The zero-order chi connectivity index (χ0) is 13.1. The van der Waals surface area contributed by atoms with Gasteiger partial charge in [-0.3, -0.25) is 9.69 Å². The molecule has 1 N–H and O–H groups in total. The predicted molar refractivity (Wildman–Crippen MR) is 69.3 cm³/mol. The Balaban J connectivity index is 2.31. The summed E-state index contributed by atoms with van der Waals surface area (Å²) in [7, 11) is 5.15. The minimum Gasteiger partial charge on any atom is -0.468 e. The molecule has 0 aliphatic rings. The lowest BCUT2D eigenvalue weighted by molar-refractivity contribution is -0.145. The van der Waals surface area contributed by atoms with Gasteiger partial charge in [-0.05, 0) is 25.7 Å². The van der Waals surface area contributed by atoms with Crippen LogP contribution in [0.4, 0.5) is 0 Å². The third-order valence-corrected chi connectivity index (χ3v) is 3.04. The molecule has 1 heterocycles. The van der Waals surface area contributed by atoms with Crippen LogP contribution in [0.25, 0.3) is 11.0 Å². The second kappa shape index (κ2) is 5.18. The number of carbonyl (C=O) groups excluding carboxylic acids is 1. The van der Waals surface area contributed by atoms with Gasteiger partial charge in [0.15, 0.2) is 0 Å². The van der Waals surface area contributed by atoms with E-state index in [0.717, 1.165) is 16.6 Å². The summed E-state index contributed by atoms with van der Waals surface area (Å²) in [5, 5.41) is 0. The van der Waals surface area contributed by atoms with Crippen molar-refractivity contribution in [2.75, 3.05) is 21.2 Å². The third kappa shape index (κ3) is 2.36. The highest BCUT2D eigenvalue weighted by molar-refractivity contribution is 5.81. The molecule has 1 aromatic carbocycles. The molecule has 18 heavy (non-hydrogen) atoms. The minimum atomic E-state index is -0.294. The molecule has 1 atom stereocenters. The lowest BCUT2D eigenvalue weighted by Gasteiger charge is -2.21. The Morgan fingerprint density at radius 1 is 1.50 bits per heavy atom. The molecule has 96 valence electrons. The Labute approximate surface area is 106 Å². The van der Waals surface area contributed by atoms with E-state index in [0.29, 0.717) is 6.42 Å². The van der Waals surface area contributed by atoms with Gasteiger partial charge < -0.3 is 9.72 Å². The van der Waals surface area contributed by atoms with E-state index in [2.05, 4.69) is 9.97 Å². The summed E-state index contributed by atoms with van der Waals surface area (Å²) in [6.07, 6.45) is 2.25. The summed E-state index contributed by atoms with van der Waals surface area (Å²) in [4.78, 5) is 21.0. The minimum absolute atomic E-state index is 0.229. The molecule has 0 aliphatic heterocycles. The number of H-pyrrole nitrogens is 1. The van der Waals surface area contributed by atoms with Gasteiger partial charge in [0.05, 0.1) is 24.5 Å². The Morgan fingerprint density at radius 3 is 2.94 bits per heavy atom. The lowest BCUT2D eigenvalue weighted by Crippen LogP contribution is -2.38. The van der Waals surface area contributed by atoms with Crippen molar-refractivity contribution in [3.05, 3.63) is 30.1 Å². The molecule has 0 radical (unpaired) electrons. The van der Waals surface area contributed by atoms with Gasteiger partial charge in [0.1, 0.15) is 6.04 Å². The fourth-order valence-corrected chi connectivity index (χ4v) is 2.01. The van der Waals surface area contributed by atoms with Crippen molar-refractivity contribution in [1.82, 2.24) is 14.9 Å². The van der Waals surface area contributed by atoms with Gasteiger partial charge in [-0.25, -0.2) is 4.98 Å². The van der Waals surface area contributed by atoms with E-state index in [1.165, 1.54) is 7.11 Å². The van der Waals surface area contributed by atoms with E-state index >= 15 is 0 Å². The quantitative estimate of drug-likeness (QED) is 0.825. The van der Waals surface area contributed by atoms with Crippen molar-refractivity contribution in [1.29, 1.82) is 0 Å². The van der Waals surface area contributed by atoms with Crippen molar-refractivity contribution in [2.45, 2.75) is 12.5 Å². The first-order valence-corrected chi connectivity index (χ1v) is 5.78. The summed E-state index contributed by atoms with van der Waals surface area (Å²) in [5.41, 5.74) is 2.93. The van der Waals surface area contributed by atoms with Crippen LogP contribution in [0.3, 0.4) is 0 Å². The first-order valence-electron chi connectivity index (χ1n) is 5.78. The Kier molecular flexibility index (Phi) is 3.62. The molecule has 1 unspecified atom stereocenters. The van der Waals surface area contributed by atoms with Gasteiger partial charge >= 0.3 is 5.97 Å². The molecule has 0 amide bonds. The number of nitrogens with one attached hydrogen (secondary N) is 1. The molecule has 0 spiro atoms. The van der Waals surface area contributed by atoms with Crippen LogP contribution in [0, 0.1) is 0 Å². The first kappa shape index (κ1) is 12.6. The van der Waals surface area contributed by atoms with Crippen LogP contribution in [0.1, 0.15) is 5.56 Å². The number of imidazole rings is 1. The molecule has 1 aromatic heterocycles. The molecular formula is C13H17N3O2. The Morgan fingerprint density at radius 2 is 2.28 bits per heavy atom. The molecule has 0 saturated carbocycles. The number of aromatic amines is 1. The molecule has 0 aliphatic carbocycles. The number of methoxy groups -OCH3 is 1. The Hall–Kier alpha value is -1.88. The average Bonchev–Trinajstić information content (AvgIpc) is 2.83. The van der Waals surface area contributed by atoms with Gasteiger partial charge in [-0.1, -0.05) is 12.1 Å². The maximum Gasteiger partial charge on any atom is 0.323 e. The molecule has 0 fully saturated rings. The molecule has 2 rings (SSSR count). The number of likely N-dealkylation sites (N-methyl/N-ethyl adjacent to an activating group) is 1. The fraction of sp³-hybridized carbons (Fsp3) is 0.385. The van der Waals surface area contributed by atoms with E-state index in [1.54, 1.807) is 6.33 Å². The monoisotopic (exact) mass is 247 g/mol. The number of benzene rings is 1. The number of ether oxygens (including phenoxy) is 1. The number of esters is 1. The molecule has 0 bridgehead atoms. The molecule has 5 nitrogen and oxygen atoms in total. The summed E-state index contributed by atoms with van der Waals surface area (Å²) in [6, 6.07) is 5.62. The van der Waals surface area contributed by atoms with Crippen LogP contribution in [-0.4, -0.2) is 48.1 Å². The normalized spacial score (nSPS) is 12.9. The third-order valence-electron chi connectivity index (χ3n) is 3.04. The van der Waals surface area contributed by atoms with Crippen LogP contribution < -0.4 is 0 Å². The SMILES string of the molecule is COC(=O)C(Cc1cccc2[nH]cnc12)N(C)C. The lowest BCUT2D eigenvalue weighted by atomic mass is 10.0. The highest BCUT2D eigenvalue weighted by Crippen LogP contribution is 2.17. The van der Waals surface area contributed by atoms with Gasteiger partial charge in [0, 0.05) is 6.42 Å². The van der Waals surface area contributed by atoms with Gasteiger partial charge in [0.25, 0.3) is 0 Å². The molecule has 0 saturated heterocycles. The zero-order valence-electron chi connectivity index (χ0n) is 10.8. The summed E-state index contributed by atoms with van der Waals surface area (Å²) in [6.45, 7) is 0. The van der Waals surface area contributed by atoms with Gasteiger partial charge in [0.2, 0.25) is 0 Å². The van der Waals surface area contributed by atoms with Crippen molar-refractivity contribution in [2.24, 2.45) is 0 Å². The number of rotatable bonds is 4. The maximum atomic E-state index is 11.7. The standard InChI is InChI=1S/C13H17N3O2/c1-16(2)11(13(17)18-3)7-9-5-4-6-10-12(9)15-8-14-10/h4-6,8,11H,7H2,1-3H3,(H,14,15). The Bertz CT molecular complexity index is 548. The zero-order valence-corrected chi connectivity index (χ0v) is 10.8. The van der Waals surface area contributed by atoms with E-state index < -0.39 is 0 Å². The molecule has 5 heteroatoms. The topological polar surface area (TPSA) is 58.2 Å². The number of para-hydroxylation sites is 1. The highest BCUT2D eigenvalue weighted by Gasteiger charge is 2.23. The number of hydrogen-bond acceptors (Lipinski definition) is 4. The van der Waals surface area contributed by atoms with Crippen LogP contribution in [0.2, 0.25) is 0 Å². The molecule has 2 aromatic rings. The van der Waals surface area contributed by atoms with E-state index in [4.69, 9.17) is 4.74 Å². The second-order valence-electron chi connectivity index (χ2n) is 4.42. The number of aromatic nitrogens is 2. The molecular weight excluding hydrogens is 230 g/mol. The maximum absolute atomic E-state index is 11.7. The van der Waals surface area contributed by atoms with Crippen LogP contribution >= 0.6 is 0 Å². The highest BCUT2D eigenvalue weighted by atomic mass is 16.5. The summed E-state index contributed by atoms with van der Waals surface area (Å²) >= 11 is 0.